The maximum absolute atomic E-state index is 13.1. The molecule has 0 aliphatic rings. The lowest BCUT2D eigenvalue weighted by Crippen LogP contribution is -2.42. The monoisotopic (exact) mass is 770 g/mol. The highest BCUT2D eigenvalue weighted by atomic mass is 32.2. The van der Waals surface area contributed by atoms with Crippen molar-refractivity contribution < 1.29 is 50.5 Å². The molecule has 0 spiro atoms. The standard InChI is InChI=1S/C37H30N4O11S2/c1-19-11-13-21(15-27(19)38-33-25-9-5-3-7-23(25)29(42)17-31(33)53(47,48)49)35(44)40-37(46)41-36(45)22-14-12-20(2)28(16-22)39-34-26-10-6-4-8-24(26)30(43)18-32(34)54(50,51)52/h3-18,38-39,42-43H,1-2H3,(H,47,48,49)(H,50,51,52)(H2,40,41,44,45,46). The molecule has 4 amide bonds. The van der Waals surface area contributed by atoms with Crippen LogP contribution in [0.1, 0.15) is 31.8 Å². The number of imide groups is 2. The quantitative estimate of drug-likeness (QED) is 0.0628. The van der Waals surface area contributed by atoms with Crippen LogP contribution in [0.5, 0.6) is 11.5 Å². The predicted octanol–water partition coefficient (Wildman–Crippen LogP) is 6.28. The molecule has 276 valence electrons. The number of amides is 4. The molecule has 0 bridgehead atoms. The van der Waals surface area contributed by atoms with Gasteiger partial charge in [-0.15, -0.1) is 0 Å². The highest BCUT2D eigenvalue weighted by Gasteiger charge is 2.24. The molecule has 0 fully saturated rings. The molecular formula is C37H30N4O11S2. The molecule has 0 aromatic heterocycles. The summed E-state index contributed by atoms with van der Waals surface area (Å²) in [7, 11) is -9.66. The Hall–Kier alpha value is -6.53. The Kier molecular flexibility index (Phi) is 9.74. The first-order valence-electron chi connectivity index (χ1n) is 15.8. The van der Waals surface area contributed by atoms with Crippen molar-refractivity contribution in [3.63, 3.8) is 0 Å². The molecule has 0 aliphatic heterocycles. The van der Waals surface area contributed by atoms with Crippen LogP contribution in [0.25, 0.3) is 21.5 Å². The number of anilines is 4. The molecule has 6 rings (SSSR count). The van der Waals surface area contributed by atoms with Crippen LogP contribution in [0.4, 0.5) is 27.5 Å². The van der Waals surface area contributed by atoms with Crippen LogP contribution < -0.4 is 21.3 Å². The van der Waals surface area contributed by atoms with Crippen molar-refractivity contribution in [3.8, 4) is 11.5 Å². The molecule has 54 heavy (non-hydrogen) atoms. The van der Waals surface area contributed by atoms with Crippen LogP contribution in [-0.2, 0) is 20.2 Å². The lowest BCUT2D eigenvalue weighted by molar-refractivity contribution is 0.0944. The van der Waals surface area contributed by atoms with Gasteiger partial charge in [0.15, 0.2) is 0 Å². The molecule has 6 aromatic carbocycles. The SMILES string of the molecule is Cc1ccc(C(=O)NC(=O)NC(=O)c2ccc(C)c(Nc3c(S(=O)(=O)O)cc(O)c4ccccc34)c2)cc1Nc1c(S(=O)(=O)O)cc(O)c2ccccc12. The summed E-state index contributed by atoms with van der Waals surface area (Å²) in [6, 6.07) is 21.6. The number of carbonyl (C=O) groups excluding carboxylic acids is 3. The van der Waals surface area contributed by atoms with Crippen LogP contribution in [0.15, 0.2) is 107 Å². The maximum atomic E-state index is 13.1. The second-order valence-corrected chi connectivity index (χ2v) is 14.9. The van der Waals surface area contributed by atoms with Crippen LogP contribution in [0.3, 0.4) is 0 Å². The number of aryl methyl sites for hydroxylation is 2. The first-order valence-corrected chi connectivity index (χ1v) is 18.7. The molecule has 0 saturated carbocycles. The van der Waals surface area contributed by atoms with Gasteiger partial charge >= 0.3 is 6.03 Å². The van der Waals surface area contributed by atoms with Crippen LogP contribution in [0.2, 0.25) is 0 Å². The summed E-state index contributed by atoms with van der Waals surface area (Å²) >= 11 is 0. The van der Waals surface area contributed by atoms with Crippen molar-refractivity contribution in [2.24, 2.45) is 0 Å². The Morgan fingerprint density at radius 2 is 0.870 bits per heavy atom. The molecule has 0 unspecified atom stereocenters. The molecule has 0 saturated heterocycles. The minimum Gasteiger partial charge on any atom is -0.507 e. The van der Waals surface area contributed by atoms with Gasteiger partial charge in [0, 0.05) is 56.2 Å². The number of nitrogens with one attached hydrogen (secondary N) is 4. The second kappa shape index (κ2) is 14.1. The highest BCUT2D eigenvalue weighted by molar-refractivity contribution is 7.86. The molecule has 0 heterocycles. The van der Waals surface area contributed by atoms with E-state index in [1.165, 1.54) is 48.5 Å². The lowest BCUT2D eigenvalue weighted by atomic mass is 10.1. The van der Waals surface area contributed by atoms with E-state index in [9.17, 15) is 50.5 Å². The van der Waals surface area contributed by atoms with E-state index in [1.54, 1.807) is 50.2 Å². The fourth-order valence-electron chi connectivity index (χ4n) is 5.77. The largest absolute Gasteiger partial charge is 0.507 e. The second-order valence-electron chi connectivity index (χ2n) is 12.1. The van der Waals surface area contributed by atoms with Gasteiger partial charge in [-0.25, -0.2) is 4.79 Å². The van der Waals surface area contributed by atoms with E-state index in [1.807, 2.05) is 0 Å². The van der Waals surface area contributed by atoms with Gasteiger partial charge in [0.1, 0.15) is 21.3 Å². The summed E-state index contributed by atoms with van der Waals surface area (Å²) in [6.07, 6.45) is 0. The van der Waals surface area contributed by atoms with E-state index < -0.39 is 47.9 Å². The maximum Gasteiger partial charge on any atom is 0.328 e. The first-order chi connectivity index (χ1) is 25.4. The van der Waals surface area contributed by atoms with Crippen LogP contribution >= 0.6 is 0 Å². The summed E-state index contributed by atoms with van der Waals surface area (Å²) in [4.78, 5) is 37.9. The van der Waals surface area contributed by atoms with Gasteiger partial charge in [0.05, 0.1) is 11.4 Å². The van der Waals surface area contributed by atoms with E-state index in [0.717, 1.165) is 12.1 Å². The van der Waals surface area contributed by atoms with Gasteiger partial charge in [-0.2, -0.15) is 16.8 Å². The molecule has 0 aliphatic carbocycles. The van der Waals surface area contributed by atoms with Gasteiger partial charge < -0.3 is 20.8 Å². The van der Waals surface area contributed by atoms with Crippen molar-refractivity contribution in [2.45, 2.75) is 23.6 Å². The van der Waals surface area contributed by atoms with Crippen molar-refractivity contribution in [1.82, 2.24) is 10.6 Å². The number of rotatable bonds is 8. The third-order valence-electron chi connectivity index (χ3n) is 8.50. The van der Waals surface area contributed by atoms with Crippen LogP contribution in [0, 0.1) is 13.8 Å². The molecule has 0 radical (unpaired) electrons. The highest BCUT2D eigenvalue weighted by Crippen LogP contribution is 2.40. The van der Waals surface area contributed by atoms with Gasteiger partial charge in [-0.3, -0.25) is 29.3 Å². The van der Waals surface area contributed by atoms with Crippen molar-refractivity contribution in [1.29, 1.82) is 0 Å². The normalized spacial score (nSPS) is 11.6. The van der Waals surface area contributed by atoms with Crippen molar-refractivity contribution in [2.75, 3.05) is 10.6 Å². The molecule has 15 nitrogen and oxygen atoms in total. The zero-order valence-corrected chi connectivity index (χ0v) is 29.8. The lowest BCUT2D eigenvalue weighted by Gasteiger charge is -2.17. The molecule has 0 atom stereocenters. The average molecular weight is 771 g/mol. The summed E-state index contributed by atoms with van der Waals surface area (Å²) in [5, 5.41) is 31.8. The molecule has 17 heteroatoms. The minimum absolute atomic E-state index is 0.0697. The molecular weight excluding hydrogens is 741 g/mol. The van der Waals surface area contributed by atoms with E-state index in [0.29, 0.717) is 11.1 Å². The predicted molar refractivity (Wildman–Crippen MR) is 200 cm³/mol. The van der Waals surface area contributed by atoms with Gasteiger partial charge in [0.2, 0.25) is 0 Å². The number of fused-ring (bicyclic) bond motifs is 2. The number of carbonyl (C=O) groups is 3. The van der Waals surface area contributed by atoms with Gasteiger partial charge in [-0.05, 0) is 49.2 Å². The molecule has 6 aromatic rings. The number of hydrogen-bond acceptors (Lipinski definition) is 11. The van der Waals surface area contributed by atoms with E-state index in [-0.39, 0.29) is 66.9 Å². The third kappa shape index (κ3) is 7.50. The summed E-state index contributed by atoms with van der Waals surface area (Å²) in [6.45, 7) is 3.31. The zero-order chi connectivity index (χ0) is 39.1. The van der Waals surface area contributed by atoms with Gasteiger partial charge in [-0.1, -0.05) is 60.7 Å². The van der Waals surface area contributed by atoms with E-state index in [2.05, 4.69) is 21.3 Å². The summed E-state index contributed by atoms with van der Waals surface area (Å²) < 4.78 is 68.9. The summed E-state index contributed by atoms with van der Waals surface area (Å²) in [5.41, 5.74) is 1.23. The number of hydrogen-bond donors (Lipinski definition) is 8. The number of benzene rings is 6. The average Bonchev–Trinajstić information content (AvgIpc) is 3.11. The van der Waals surface area contributed by atoms with Crippen molar-refractivity contribution >= 4 is 82.4 Å². The van der Waals surface area contributed by atoms with E-state index in [4.69, 9.17) is 0 Å². The Morgan fingerprint density at radius 1 is 0.519 bits per heavy atom. The topological polar surface area (TPSA) is 249 Å². The Labute approximate surface area is 307 Å². The minimum atomic E-state index is -4.83. The van der Waals surface area contributed by atoms with E-state index >= 15 is 0 Å². The Morgan fingerprint density at radius 3 is 1.22 bits per heavy atom. The van der Waals surface area contributed by atoms with Gasteiger partial charge in [0.25, 0.3) is 32.1 Å². The Balaban J connectivity index is 1.22. The number of phenols is 2. The smallest absolute Gasteiger partial charge is 0.328 e. The van der Waals surface area contributed by atoms with Crippen LogP contribution in [-0.4, -0.2) is 54.0 Å². The number of urea groups is 1. The fourth-order valence-corrected chi connectivity index (χ4v) is 7.13. The number of aromatic hydroxyl groups is 2. The Bertz CT molecular complexity index is 2600. The number of phenolic OH excluding ortho intramolecular Hbond substituents is 2. The third-order valence-corrected chi connectivity index (χ3v) is 10.3. The van der Waals surface area contributed by atoms with Crippen molar-refractivity contribution in [3.05, 3.63) is 119 Å². The zero-order valence-electron chi connectivity index (χ0n) is 28.2. The molecule has 8 N–H and O–H groups in total. The summed E-state index contributed by atoms with van der Waals surface area (Å²) in [5.74, 6) is -2.64. The fraction of sp³-hybridized carbons (Fsp3) is 0.0541. The first kappa shape index (κ1) is 37.2.